The van der Waals surface area contributed by atoms with Gasteiger partial charge in [-0.3, -0.25) is 0 Å². The molecule has 5 heteroatoms. The highest BCUT2D eigenvalue weighted by molar-refractivity contribution is 9.10. The van der Waals surface area contributed by atoms with Crippen LogP contribution in [0.5, 0.6) is 0 Å². The van der Waals surface area contributed by atoms with Gasteiger partial charge < -0.3 is 5.73 Å². The number of aromatic nitrogens is 3. The number of nitrogens with two attached hydrogens (primary N) is 1. The molecule has 2 rings (SSSR count). The van der Waals surface area contributed by atoms with Crippen LogP contribution in [0, 0.1) is 0 Å². The lowest BCUT2D eigenvalue weighted by Crippen LogP contribution is -2.34. The van der Waals surface area contributed by atoms with Gasteiger partial charge in [0.25, 0.3) is 0 Å². The average Bonchev–Trinajstić information content (AvgIpc) is 2.42. The highest BCUT2D eigenvalue weighted by Gasteiger charge is 2.15. The molecule has 2 aromatic heterocycles. The van der Waals surface area contributed by atoms with E-state index < -0.39 is 0 Å². The summed E-state index contributed by atoms with van der Waals surface area (Å²) in [7, 11) is 0. The minimum atomic E-state index is -0.276. The van der Waals surface area contributed by atoms with E-state index in [2.05, 4.69) is 26.0 Å². The van der Waals surface area contributed by atoms with E-state index in [-0.39, 0.29) is 5.54 Å². The predicted octanol–water partition coefficient (Wildman–Crippen LogP) is 1.77. The van der Waals surface area contributed by atoms with Crippen molar-refractivity contribution < 1.29 is 0 Å². The molecule has 80 valence electrons. The fraction of sp³-hybridized carbons (Fsp3) is 0.400. The molecule has 0 atom stereocenters. The number of pyridine rings is 1. The Balaban J connectivity index is 2.39. The maximum absolute atomic E-state index is 5.92. The predicted molar refractivity (Wildman–Crippen MR) is 62.7 cm³/mol. The standard InChI is InChI=1S/C10H13BrN4/c1-10(2,12)5-8-13-9-4-3-7(11)6-15(9)14-8/h3-4,6H,5,12H2,1-2H3. The van der Waals surface area contributed by atoms with Crippen molar-refractivity contribution in [1.29, 1.82) is 0 Å². The monoisotopic (exact) mass is 268 g/mol. The zero-order valence-electron chi connectivity index (χ0n) is 8.74. The molecule has 0 saturated carbocycles. The van der Waals surface area contributed by atoms with Gasteiger partial charge in [0.1, 0.15) is 0 Å². The van der Waals surface area contributed by atoms with Gasteiger partial charge in [0.15, 0.2) is 11.5 Å². The summed E-state index contributed by atoms with van der Waals surface area (Å²) >= 11 is 3.39. The molecule has 0 unspecified atom stereocenters. The SMILES string of the molecule is CC(C)(N)Cc1nc2ccc(Br)cn2n1. The molecule has 2 N–H and O–H groups in total. The maximum Gasteiger partial charge on any atom is 0.155 e. The first kappa shape index (κ1) is 10.6. The Morgan fingerprint density at radius 1 is 1.47 bits per heavy atom. The molecule has 2 aromatic rings. The Morgan fingerprint density at radius 3 is 2.87 bits per heavy atom. The van der Waals surface area contributed by atoms with Crippen LogP contribution in [0.15, 0.2) is 22.8 Å². The second kappa shape index (κ2) is 3.57. The van der Waals surface area contributed by atoms with Crippen molar-refractivity contribution in [1.82, 2.24) is 14.6 Å². The number of hydrogen-bond acceptors (Lipinski definition) is 3. The van der Waals surface area contributed by atoms with Crippen molar-refractivity contribution >= 4 is 21.6 Å². The average molecular weight is 269 g/mol. The van der Waals surface area contributed by atoms with E-state index in [0.717, 1.165) is 15.9 Å². The van der Waals surface area contributed by atoms with Gasteiger partial charge in [0, 0.05) is 22.6 Å². The van der Waals surface area contributed by atoms with Gasteiger partial charge in [-0.15, -0.1) is 0 Å². The molecule has 0 aliphatic rings. The Morgan fingerprint density at radius 2 is 2.20 bits per heavy atom. The zero-order chi connectivity index (χ0) is 11.1. The third kappa shape index (κ3) is 2.54. The van der Waals surface area contributed by atoms with Crippen LogP contribution in [0.3, 0.4) is 0 Å². The van der Waals surface area contributed by atoms with Gasteiger partial charge in [-0.25, -0.2) is 9.50 Å². The van der Waals surface area contributed by atoms with Gasteiger partial charge >= 0.3 is 0 Å². The Hall–Kier alpha value is -0.940. The van der Waals surface area contributed by atoms with Crippen LogP contribution >= 0.6 is 15.9 Å². The number of halogens is 1. The third-order valence-corrected chi connectivity index (χ3v) is 2.42. The molecule has 4 nitrogen and oxygen atoms in total. The highest BCUT2D eigenvalue weighted by atomic mass is 79.9. The minimum absolute atomic E-state index is 0.276. The maximum atomic E-state index is 5.92. The van der Waals surface area contributed by atoms with Crippen LogP contribution in [0.25, 0.3) is 5.65 Å². The molecule has 0 aliphatic heterocycles. The van der Waals surface area contributed by atoms with Crippen molar-refractivity contribution in [3.8, 4) is 0 Å². The van der Waals surface area contributed by atoms with Gasteiger partial charge in [-0.2, -0.15) is 5.10 Å². The van der Waals surface area contributed by atoms with Crippen molar-refractivity contribution in [3.63, 3.8) is 0 Å². The molecule has 15 heavy (non-hydrogen) atoms. The van der Waals surface area contributed by atoms with E-state index in [0.29, 0.717) is 6.42 Å². The van der Waals surface area contributed by atoms with Crippen LogP contribution in [-0.4, -0.2) is 20.1 Å². The molecular formula is C10H13BrN4. The highest BCUT2D eigenvalue weighted by Crippen LogP contribution is 2.12. The summed E-state index contributed by atoms with van der Waals surface area (Å²) in [5.41, 5.74) is 6.49. The molecule has 0 saturated heterocycles. The van der Waals surface area contributed by atoms with Gasteiger partial charge in [-0.05, 0) is 41.9 Å². The van der Waals surface area contributed by atoms with Crippen LogP contribution in [0.4, 0.5) is 0 Å². The molecule has 0 aliphatic carbocycles. The lowest BCUT2D eigenvalue weighted by molar-refractivity contribution is 0.502. The number of hydrogen-bond donors (Lipinski definition) is 1. The summed E-state index contributed by atoms with van der Waals surface area (Å²) in [6.07, 6.45) is 2.56. The van der Waals surface area contributed by atoms with Gasteiger partial charge in [-0.1, -0.05) is 0 Å². The topological polar surface area (TPSA) is 56.2 Å². The summed E-state index contributed by atoms with van der Waals surface area (Å²) in [5, 5.41) is 4.35. The van der Waals surface area contributed by atoms with Crippen molar-refractivity contribution in [2.24, 2.45) is 5.73 Å². The fourth-order valence-electron chi connectivity index (χ4n) is 1.39. The molecule has 0 aromatic carbocycles. The van der Waals surface area contributed by atoms with Crippen molar-refractivity contribution in [3.05, 3.63) is 28.6 Å². The molecule has 0 amide bonds. The smallest absolute Gasteiger partial charge is 0.155 e. The summed E-state index contributed by atoms with van der Waals surface area (Å²) in [6.45, 7) is 3.93. The summed E-state index contributed by atoms with van der Waals surface area (Å²) in [5.74, 6) is 0.778. The summed E-state index contributed by atoms with van der Waals surface area (Å²) in [6, 6.07) is 3.87. The van der Waals surface area contributed by atoms with E-state index in [1.54, 1.807) is 4.52 Å². The first-order valence-corrected chi connectivity index (χ1v) is 5.53. The molecular weight excluding hydrogens is 256 g/mol. The van der Waals surface area contributed by atoms with Crippen LogP contribution < -0.4 is 5.73 Å². The van der Waals surface area contributed by atoms with E-state index in [1.807, 2.05) is 32.2 Å². The molecule has 0 fully saturated rings. The van der Waals surface area contributed by atoms with Crippen LogP contribution in [0.2, 0.25) is 0 Å². The molecule has 2 heterocycles. The van der Waals surface area contributed by atoms with Crippen molar-refractivity contribution in [2.75, 3.05) is 0 Å². The van der Waals surface area contributed by atoms with Crippen LogP contribution in [-0.2, 0) is 6.42 Å². The van der Waals surface area contributed by atoms with E-state index in [4.69, 9.17) is 5.73 Å². The van der Waals surface area contributed by atoms with Gasteiger partial charge in [0.05, 0.1) is 0 Å². The van der Waals surface area contributed by atoms with Crippen LogP contribution in [0.1, 0.15) is 19.7 Å². The molecule has 0 bridgehead atoms. The zero-order valence-corrected chi connectivity index (χ0v) is 10.3. The normalized spacial score (nSPS) is 12.3. The summed E-state index contributed by atoms with van der Waals surface area (Å²) in [4.78, 5) is 4.39. The van der Waals surface area contributed by atoms with Crippen molar-refractivity contribution in [2.45, 2.75) is 25.8 Å². The number of fused-ring (bicyclic) bond motifs is 1. The number of rotatable bonds is 2. The first-order valence-electron chi connectivity index (χ1n) is 4.74. The quantitative estimate of drug-likeness (QED) is 0.904. The minimum Gasteiger partial charge on any atom is -0.325 e. The van der Waals surface area contributed by atoms with E-state index in [1.165, 1.54) is 0 Å². The third-order valence-electron chi connectivity index (χ3n) is 1.95. The Kier molecular flexibility index (Phi) is 2.52. The Bertz CT molecular complexity index is 484. The van der Waals surface area contributed by atoms with Gasteiger partial charge in [0.2, 0.25) is 0 Å². The largest absolute Gasteiger partial charge is 0.325 e. The number of nitrogens with zero attached hydrogens (tertiary/aromatic N) is 3. The summed E-state index contributed by atoms with van der Waals surface area (Å²) < 4.78 is 2.74. The Labute approximate surface area is 96.6 Å². The lowest BCUT2D eigenvalue weighted by Gasteiger charge is -2.14. The van der Waals surface area contributed by atoms with E-state index in [9.17, 15) is 0 Å². The lowest BCUT2D eigenvalue weighted by atomic mass is 10.0. The first-order chi connectivity index (χ1) is 6.94. The molecule has 0 spiro atoms. The fourth-order valence-corrected chi connectivity index (χ4v) is 1.71. The second-order valence-electron chi connectivity index (χ2n) is 4.34. The second-order valence-corrected chi connectivity index (χ2v) is 5.26. The van der Waals surface area contributed by atoms with E-state index >= 15 is 0 Å². The molecule has 0 radical (unpaired) electrons.